The van der Waals surface area contributed by atoms with Gasteiger partial charge < -0.3 is 15.3 Å². The van der Waals surface area contributed by atoms with Crippen LogP contribution in [0.15, 0.2) is 0 Å². The molecule has 0 aromatic rings. The van der Waals surface area contributed by atoms with Gasteiger partial charge in [-0.15, -0.1) is 0 Å². The molecule has 96 valence electrons. The van der Waals surface area contributed by atoms with E-state index < -0.39 is 0 Å². The van der Waals surface area contributed by atoms with Crippen LogP contribution < -0.4 is 5.32 Å². The fourth-order valence-electron chi connectivity index (χ4n) is 2.58. The first-order valence-corrected chi connectivity index (χ1v) is 6.67. The van der Waals surface area contributed by atoms with Crippen LogP contribution in [0, 0.1) is 11.8 Å². The molecule has 0 amide bonds. The molecule has 1 saturated heterocycles. The van der Waals surface area contributed by atoms with Gasteiger partial charge in [0.05, 0.1) is 6.61 Å². The summed E-state index contributed by atoms with van der Waals surface area (Å²) in [6, 6.07) is 0.232. The smallest absolute Gasteiger partial charge is 0.0597 e. The number of likely N-dealkylation sites (tertiary alicyclic amines) is 1. The van der Waals surface area contributed by atoms with Gasteiger partial charge in [-0.3, -0.25) is 0 Å². The van der Waals surface area contributed by atoms with Crippen molar-refractivity contribution in [2.45, 2.75) is 39.2 Å². The number of hydrogen-bond donors (Lipinski definition) is 2. The summed E-state index contributed by atoms with van der Waals surface area (Å²) in [6.45, 7) is 8.29. The van der Waals surface area contributed by atoms with Crippen molar-refractivity contribution in [3.63, 3.8) is 0 Å². The number of aliphatic hydroxyl groups excluding tert-OH is 1. The van der Waals surface area contributed by atoms with Crippen LogP contribution in [0.25, 0.3) is 0 Å². The summed E-state index contributed by atoms with van der Waals surface area (Å²) < 4.78 is 0. The lowest BCUT2D eigenvalue weighted by atomic mass is 9.89. The van der Waals surface area contributed by atoms with Crippen molar-refractivity contribution in [1.29, 1.82) is 0 Å². The van der Waals surface area contributed by atoms with Gasteiger partial charge in [-0.05, 0) is 51.2 Å². The molecular formula is C13H28N2O. The number of nitrogens with one attached hydrogen (secondary N) is 1. The zero-order valence-electron chi connectivity index (χ0n) is 11.1. The van der Waals surface area contributed by atoms with E-state index in [4.69, 9.17) is 0 Å². The highest BCUT2D eigenvalue weighted by Crippen LogP contribution is 2.24. The van der Waals surface area contributed by atoms with Crippen molar-refractivity contribution in [1.82, 2.24) is 10.2 Å². The molecule has 3 heteroatoms. The number of hydrogen-bond acceptors (Lipinski definition) is 3. The van der Waals surface area contributed by atoms with Crippen LogP contribution >= 0.6 is 0 Å². The first-order chi connectivity index (χ1) is 7.67. The molecule has 1 aliphatic heterocycles. The zero-order valence-corrected chi connectivity index (χ0v) is 11.1. The Morgan fingerprint density at radius 3 is 2.62 bits per heavy atom. The van der Waals surface area contributed by atoms with E-state index in [0.29, 0.717) is 0 Å². The van der Waals surface area contributed by atoms with Crippen molar-refractivity contribution in [3.05, 3.63) is 0 Å². The Morgan fingerprint density at radius 1 is 1.31 bits per heavy atom. The molecule has 0 radical (unpaired) electrons. The molecule has 1 rings (SSSR count). The monoisotopic (exact) mass is 228 g/mol. The molecule has 0 saturated carbocycles. The minimum Gasteiger partial charge on any atom is -0.395 e. The van der Waals surface area contributed by atoms with Gasteiger partial charge in [0.25, 0.3) is 0 Å². The van der Waals surface area contributed by atoms with Gasteiger partial charge in [-0.1, -0.05) is 13.8 Å². The summed E-state index contributed by atoms with van der Waals surface area (Å²) in [5.74, 6) is 1.71. The van der Waals surface area contributed by atoms with Crippen LogP contribution in [0.1, 0.15) is 33.1 Å². The van der Waals surface area contributed by atoms with E-state index in [1.165, 1.54) is 32.4 Å². The molecule has 2 N–H and O–H groups in total. The van der Waals surface area contributed by atoms with Gasteiger partial charge in [0.2, 0.25) is 0 Å². The van der Waals surface area contributed by atoms with Crippen LogP contribution in [0.4, 0.5) is 0 Å². The Kier molecular flexibility index (Phi) is 6.32. The van der Waals surface area contributed by atoms with Gasteiger partial charge in [0.1, 0.15) is 0 Å². The topological polar surface area (TPSA) is 35.5 Å². The summed E-state index contributed by atoms with van der Waals surface area (Å²) in [6.07, 6.45) is 4.00. The van der Waals surface area contributed by atoms with Crippen molar-refractivity contribution in [2.24, 2.45) is 11.8 Å². The molecule has 16 heavy (non-hydrogen) atoms. The third kappa shape index (κ3) is 4.40. The number of likely N-dealkylation sites (N-methyl/N-ethyl adjacent to an activating group) is 1. The third-order valence-corrected chi connectivity index (χ3v) is 3.92. The Labute approximate surface area is 100 Å². The summed E-state index contributed by atoms with van der Waals surface area (Å²) in [4.78, 5) is 2.50. The predicted molar refractivity (Wildman–Crippen MR) is 68.6 cm³/mol. The highest BCUT2D eigenvalue weighted by molar-refractivity contribution is 4.75. The van der Waals surface area contributed by atoms with E-state index in [0.717, 1.165) is 18.4 Å². The Hall–Kier alpha value is -0.120. The first-order valence-electron chi connectivity index (χ1n) is 6.67. The zero-order chi connectivity index (χ0) is 12.0. The van der Waals surface area contributed by atoms with E-state index in [9.17, 15) is 5.11 Å². The van der Waals surface area contributed by atoms with E-state index in [1.807, 2.05) is 7.05 Å². The summed E-state index contributed by atoms with van der Waals surface area (Å²) in [7, 11) is 1.93. The van der Waals surface area contributed by atoms with Crippen molar-refractivity contribution in [3.8, 4) is 0 Å². The van der Waals surface area contributed by atoms with Crippen LogP contribution in [0.5, 0.6) is 0 Å². The third-order valence-electron chi connectivity index (χ3n) is 3.92. The van der Waals surface area contributed by atoms with E-state index >= 15 is 0 Å². The number of rotatable bonds is 5. The van der Waals surface area contributed by atoms with Crippen LogP contribution in [0.2, 0.25) is 0 Å². The Morgan fingerprint density at radius 2 is 2.06 bits per heavy atom. The highest BCUT2D eigenvalue weighted by Gasteiger charge is 2.20. The maximum absolute atomic E-state index is 9.18. The molecule has 0 aromatic heterocycles. The second-order valence-corrected chi connectivity index (χ2v) is 5.40. The Bertz CT molecular complexity index is 181. The van der Waals surface area contributed by atoms with Crippen molar-refractivity contribution in [2.75, 3.05) is 33.3 Å². The van der Waals surface area contributed by atoms with Crippen LogP contribution in [-0.2, 0) is 0 Å². The van der Waals surface area contributed by atoms with E-state index in [-0.39, 0.29) is 12.6 Å². The molecule has 2 unspecified atom stereocenters. The minimum absolute atomic E-state index is 0.232. The fraction of sp³-hybridized carbons (Fsp3) is 1.00. The predicted octanol–water partition coefficient (Wildman–Crippen LogP) is 1.32. The quantitative estimate of drug-likeness (QED) is 0.745. The van der Waals surface area contributed by atoms with E-state index in [1.54, 1.807) is 0 Å². The fourth-order valence-corrected chi connectivity index (χ4v) is 2.58. The molecule has 0 aliphatic carbocycles. The normalized spacial score (nSPS) is 25.7. The molecule has 2 atom stereocenters. The SMILES string of the molecule is CNC(CO)CN1CCCC(C(C)C)CC1. The lowest BCUT2D eigenvalue weighted by Crippen LogP contribution is -2.42. The Balaban J connectivity index is 2.35. The lowest BCUT2D eigenvalue weighted by Gasteiger charge is -2.25. The van der Waals surface area contributed by atoms with Crippen molar-refractivity contribution >= 4 is 0 Å². The largest absolute Gasteiger partial charge is 0.395 e. The van der Waals surface area contributed by atoms with Crippen molar-refractivity contribution < 1.29 is 5.11 Å². The van der Waals surface area contributed by atoms with Gasteiger partial charge in [-0.25, -0.2) is 0 Å². The molecule has 1 aliphatic rings. The second kappa shape index (κ2) is 7.25. The number of aliphatic hydroxyl groups is 1. The van der Waals surface area contributed by atoms with Gasteiger partial charge in [0.15, 0.2) is 0 Å². The summed E-state index contributed by atoms with van der Waals surface area (Å²) in [5, 5.41) is 12.3. The standard InChI is InChI=1S/C13H28N2O/c1-11(2)12-5-4-7-15(8-6-12)9-13(10-16)14-3/h11-14,16H,4-10H2,1-3H3. The molecule has 1 heterocycles. The average molecular weight is 228 g/mol. The number of nitrogens with zero attached hydrogens (tertiary/aromatic N) is 1. The first kappa shape index (κ1) is 13.9. The van der Waals surface area contributed by atoms with E-state index in [2.05, 4.69) is 24.1 Å². The molecule has 0 spiro atoms. The molecule has 1 fully saturated rings. The molecule has 0 bridgehead atoms. The van der Waals surface area contributed by atoms with Crippen LogP contribution in [0.3, 0.4) is 0 Å². The maximum Gasteiger partial charge on any atom is 0.0597 e. The van der Waals surface area contributed by atoms with Gasteiger partial charge >= 0.3 is 0 Å². The van der Waals surface area contributed by atoms with Gasteiger partial charge in [0, 0.05) is 12.6 Å². The molecular weight excluding hydrogens is 200 g/mol. The summed E-state index contributed by atoms with van der Waals surface area (Å²) >= 11 is 0. The maximum atomic E-state index is 9.18. The van der Waals surface area contributed by atoms with Crippen LogP contribution in [-0.4, -0.2) is 49.3 Å². The lowest BCUT2D eigenvalue weighted by molar-refractivity contribution is 0.187. The molecule has 0 aromatic carbocycles. The highest BCUT2D eigenvalue weighted by atomic mass is 16.3. The second-order valence-electron chi connectivity index (χ2n) is 5.40. The van der Waals surface area contributed by atoms with Gasteiger partial charge in [-0.2, -0.15) is 0 Å². The average Bonchev–Trinajstić information content (AvgIpc) is 2.51. The minimum atomic E-state index is 0.232. The molecule has 3 nitrogen and oxygen atoms in total. The summed E-state index contributed by atoms with van der Waals surface area (Å²) in [5.41, 5.74) is 0.